The third-order valence-corrected chi connectivity index (χ3v) is 3.33. The van der Waals surface area contributed by atoms with Gasteiger partial charge in [0.1, 0.15) is 12.4 Å². The maximum absolute atomic E-state index is 5.58. The number of hydrogen-bond acceptors (Lipinski definition) is 3. The van der Waals surface area contributed by atoms with Gasteiger partial charge in [0, 0.05) is 29.9 Å². The molecule has 0 heterocycles. The molecule has 0 atom stereocenters. The zero-order valence-corrected chi connectivity index (χ0v) is 13.0. The summed E-state index contributed by atoms with van der Waals surface area (Å²) in [5, 5.41) is 3.38. The van der Waals surface area contributed by atoms with Crippen LogP contribution in [0.3, 0.4) is 0 Å². The molecule has 2 aromatic rings. The van der Waals surface area contributed by atoms with Crippen molar-refractivity contribution in [3.05, 3.63) is 58.6 Å². The van der Waals surface area contributed by atoms with Crippen molar-refractivity contribution in [1.29, 1.82) is 0 Å². The zero-order chi connectivity index (χ0) is 14.2. The van der Waals surface area contributed by atoms with Crippen LogP contribution in [0.25, 0.3) is 0 Å². The Morgan fingerprint density at radius 2 is 1.85 bits per heavy atom. The van der Waals surface area contributed by atoms with Crippen molar-refractivity contribution in [2.45, 2.75) is 6.54 Å². The van der Waals surface area contributed by atoms with Crippen molar-refractivity contribution >= 4 is 21.6 Å². The second-order valence-electron chi connectivity index (χ2n) is 4.35. The molecule has 0 spiro atoms. The zero-order valence-electron chi connectivity index (χ0n) is 11.4. The maximum atomic E-state index is 5.58. The first-order valence-corrected chi connectivity index (χ1v) is 7.27. The van der Waals surface area contributed by atoms with Crippen LogP contribution in [0.1, 0.15) is 5.56 Å². The number of hydrogen-bond donors (Lipinski definition) is 1. The third kappa shape index (κ3) is 4.87. The highest BCUT2D eigenvalue weighted by molar-refractivity contribution is 9.10. The normalized spacial score (nSPS) is 10.3. The van der Waals surface area contributed by atoms with Crippen molar-refractivity contribution in [2.75, 3.05) is 25.6 Å². The fraction of sp³-hybridized carbons (Fsp3) is 0.250. The first-order chi connectivity index (χ1) is 9.78. The second-order valence-corrected chi connectivity index (χ2v) is 5.26. The molecule has 0 amide bonds. The smallest absolute Gasteiger partial charge is 0.121 e. The summed E-state index contributed by atoms with van der Waals surface area (Å²) in [6.07, 6.45) is 0. The molecule has 0 saturated heterocycles. The molecule has 4 heteroatoms. The molecule has 0 aliphatic rings. The van der Waals surface area contributed by atoms with E-state index >= 15 is 0 Å². The average molecular weight is 336 g/mol. The van der Waals surface area contributed by atoms with E-state index in [4.69, 9.17) is 9.47 Å². The minimum atomic E-state index is 0.562. The van der Waals surface area contributed by atoms with Gasteiger partial charge < -0.3 is 14.8 Å². The molecule has 0 fully saturated rings. The summed E-state index contributed by atoms with van der Waals surface area (Å²) in [5.41, 5.74) is 2.28. The van der Waals surface area contributed by atoms with Gasteiger partial charge in [-0.2, -0.15) is 0 Å². The predicted octanol–water partition coefficient (Wildman–Crippen LogP) is 4.09. The predicted molar refractivity (Wildman–Crippen MR) is 85.3 cm³/mol. The monoisotopic (exact) mass is 335 g/mol. The number of ether oxygens (including phenoxy) is 2. The molecular formula is C16H18BrNO2. The van der Waals surface area contributed by atoms with Gasteiger partial charge in [-0.25, -0.2) is 0 Å². The molecule has 0 bridgehead atoms. The Bertz CT molecular complexity index is 528. The quantitative estimate of drug-likeness (QED) is 0.773. The van der Waals surface area contributed by atoms with E-state index in [1.54, 1.807) is 7.11 Å². The van der Waals surface area contributed by atoms with Crippen LogP contribution in [-0.4, -0.2) is 20.3 Å². The largest absolute Gasteiger partial charge is 0.491 e. The van der Waals surface area contributed by atoms with Gasteiger partial charge in [0.15, 0.2) is 0 Å². The van der Waals surface area contributed by atoms with Crippen LogP contribution in [0.5, 0.6) is 5.75 Å². The summed E-state index contributed by atoms with van der Waals surface area (Å²) in [5.74, 6) is 0.850. The number of nitrogens with one attached hydrogen (secondary N) is 1. The number of halogens is 1. The van der Waals surface area contributed by atoms with Crippen LogP contribution in [0.15, 0.2) is 53.0 Å². The Labute approximate surface area is 128 Å². The first kappa shape index (κ1) is 14.9. The third-order valence-electron chi connectivity index (χ3n) is 2.80. The molecule has 1 N–H and O–H groups in total. The van der Waals surface area contributed by atoms with Gasteiger partial charge in [0.05, 0.1) is 6.61 Å². The minimum Gasteiger partial charge on any atom is -0.491 e. The van der Waals surface area contributed by atoms with Gasteiger partial charge in [0.25, 0.3) is 0 Å². The highest BCUT2D eigenvalue weighted by atomic mass is 79.9. The van der Waals surface area contributed by atoms with Gasteiger partial charge in [-0.05, 0) is 29.8 Å². The van der Waals surface area contributed by atoms with E-state index in [0.717, 1.165) is 22.5 Å². The molecular weight excluding hydrogens is 318 g/mol. The van der Waals surface area contributed by atoms with Gasteiger partial charge in [-0.1, -0.05) is 34.1 Å². The van der Waals surface area contributed by atoms with Crippen molar-refractivity contribution < 1.29 is 9.47 Å². The van der Waals surface area contributed by atoms with E-state index in [2.05, 4.69) is 33.4 Å². The Morgan fingerprint density at radius 3 is 2.60 bits per heavy atom. The Balaban J connectivity index is 1.89. The molecule has 2 aromatic carbocycles. The van der Waals surface area contributed by atoms with Crippen molar-refractivity contribution in [1.82, 2.24) is 0 Å². The van der Waals surface area contributed by atoms with Gasteiger partial charge in [-0.3, -0.25) is 0 Å². The molecule has 0 aliphatic carbocycles. The van der Waals surface area contributed by atoms with Crippen LogP contribution in [0, 0.1) is 0 Å². The summed E-state index contributed by atoms with van der Waals surface area (Å²) >= 11 is 3.43. The average Bonchev–Trinajstić information content (AvgIpc) is 2.47. The van der Waals surface area contributed by atoms with E-state index in [1.807, 2.05) is 36.4 Å². The highest BCUT2D eigenvalue weighted by Gasteiger charge is 1.98. The number of rotatable bonds is 7. The molecule has 0 aliphatic heterocycles. The minimum absolute atomic E-state index is 0.562. The van der Waals surface area contributed by atoms with E-state index in [1.165, 1.54) is 5.56 Å². The molecule has 106 valence electrons. The van der Waals surface area contributed by atoms with Crippen LogP contribution >= 0.6 is 15.9 Å². The van der Waals surface area contributed by atoms with Gasteiger partial charge in [-0.15, -0.1) is 0 Å². The fourth-order valence-corrected chi connectivity index (χ4v) is 2.01. The number of benzene rings is 2. The SMILES string of the molecule is COCCOc1cccc(NCc2ccc(Br)cc2)c1. The summed E-state index contributed by atoms with van der Waals surface area (Å²) in [7, 11) is 1.67. The van der Waals surface area contributed by atoms with Crippen LogP contribution in [0.2, 0.25) is 0 Å². The molecule has 0 aromatic heterocycles. The van der Waals surface area contributed by atoms with Crippen LogP contribution < -0.4 is 10.1 Å². The summed E-state index contributed by atoms with van der Waals surface area (Å²) in [6.45, 7) is 1.94. The molecule has 0 saturated carbocycles. The highest BCUT2D eigenvalue weighted by Crippen LogP contribution is 2.18. The van der Waals surface area contributed by atoms with Gasteiger partial charge in [0.2, 0.25) is 0 Å². The second kappa shape index (κ2) is 7.92. The van der Waals surface area contributed by atoms with E-state index in [0.29, 0.717) is 13.2 Å². The lowest BCUT2D eigenvalue weighted by molar-refractivity contribution is 0.146. The number of methoxy groups -OCH3 is 1. The molecule has 0 unspecified atom stereocenters. The molecule has 2 rings (SSSR count). The van der Waals surface area contributed by atoms with Crippen LogP contribution in [0.4, 0.5) is 5.69 Å². The summed E-state index contributed by atoms with van der Waals surface area (Å²) in [4.78, 5) is 0. The Hall–Kier alpha value is -1.52. The molecule has 20 heavy (non-hydrogen) atoms. The number of anilines is 1. The molecule has 3 nitrogen and oxygen atoms in total. The maximum Gasteiger partial charge on any atom is 0.121 e. The Kier molecular flexibility index (Phi) is 5.89. The standard InChI is InChI=1S/C16H18BrNO2/c1-19-9-10-20-16-4-2-3-15(11-16)18-12-13-5-7-14(17)8-6-13/h2-8,11,18H,9-10,12H2,1H3. The summed E-state index contributed by atoms with van der Waals surface area (Å²) < 4.78 is 11.6. The van der Waals surface area contributed by atoms with E-state index in [9.17, 15) is 0 Å². The first-order valence-electron chi connectivity index (χ1n) is 6.48. The van der Waals surface area contributed by atoms with Crippen molar-refractivity contribution in [3.8, 4) is 5.75 Å². The summed E-state index contributed by atoms with van der Waals surface area (Å²) in [6, 6.07) is 16.2. The lowest BCUT2D eigenvalue weighted by Crippen LogP contribution is -2.05. The Morgan fingerprint density at radius 1 is 1.05 bits per heavy atom. The molecule has 0 radical (unpaired) electrons. The van der Waals surface area contributed by atoms with Gasteiger partial charge >= 0.3 is 0 Å². The van der Waals surface area contributed by atoms with E-state index < -0.39 is 0 Å². The topological polar surface area (TPSA) is 30.5 Å². The van der Waals surface area contributed by atoms with Crippen molar-refractivity contribution in [2.24, 2.45) is 0 Å². The fourth-order valence-electron chi connectivity index (χ4n) is 1.75. The van der Waals surface area contributed by atoms with Crippen LogP contribution in [-0.2, 0) is 11.3 Å². The van der Waals surface area contributed by atoms with Crippen molar-refractivity contribution in [3.63, 3.8) is 0 Å². The lowest BCUT2D eigenvalue weighted by atomic mass is 10.2. The van der Waals surface area contributed by atoms with E-state index in [-0.39, 0.29) is 0 Å². The lowest BCUT2D eigenvalue weighted by Gasteiger charge is -2.10.